The number of hydrogen-bond donors (Lipinski definition) is 0. The molecule has 0 radical (unpaired) electrons. The van der Waals surface area contributed by atoms with Gasteiger partial charge in [0.15, 0.2) is 24.7 Å². The summed E-state index contributed by atoms with van der Waals surface area (Å²) in [4.78, 5) is 11.4. The van der Waals surface area contributed by atoms with E-state index in [4.69, 9.17) is 11.6 Å². The number of carbonyl (C=O) groups is 1. The van der Waals surface area contributed by atoms with Gasteiger partial charge in [-0.15, -0.1) is 0 Å². The van der Waals surface area contributed by atoms with Crippen LogP contribution in [-0.2, 0) is 4.74 Å². The van der Waals surface area contributed by atoms with E-state index in [-0.39, 0.29) is 5.56 Å². The van der Waals surface area contributed by atoms with Gasteiger partial charge in [-0.05, 0) is 12.1 Å². The fourth-order valence-corrected chi connectivity index (χ4v) is 1.66. The molecular formula is C12H9ClF6O4. The van der Waals surface area contributed by atoms with Crippen molar-refractivity contribution >= 4 is 17.6 Å². The summed E-state index contributed by atoms with van der Waals surface area (Å²) < 4.78 is 86.2. The number of rotatable bonds is 5. The molecule has 0 aliphatic heterocycles. The highest BCUT2D eigenvalue weighted by Gasteiger charge is 2.32. The summed E-state index contributed by atoms with van der Waals surface area (Å²) in [5.41, 5.74) is -0.384. The van der Waals surface area contributed by atoms with Crippen molar-refractivity contribution in [3.63, 3.8) is 0 Å². The minimum atomic E-state index is -4.77. The van der Waals surface area contributed by atoms with E-state index in [9.17, 15) is 31.1 Å². The Labute approximate surface area is 130 Å². The number of esters is 1. The summed E-state index contributed by atoms with van der Waals surface area (Å²) >= 11 is 5.71. The van der Waals surface area contributed by atoms with Crippen molar-refractivity contribution in [3.05, 3.63) is 22.7 Å². The predicted molar refractivity (Wildman–Crippen MR) is 65.9 cm³/mol. The third-order valence-electron chi connectivity index (χ3n) is 2.24. The molecule has 1 aromatic rings. The van der Waals surface area contributed by atoms with E-state index in [0.29, 0.717) is 0 Å². The number of halogens is 7. The number of benzene rings is 1. The van der Waals surface area contributed by atoms with Crippen LogP contribution in [0, 0.1) is 0 Å². The summed E-state index contributed by atoms with van der Waals surface area (Å²) in [6.45, 7) is -3.61. The van der Waals surface area contributed by atoms with Gasteiger partial charge in [-0.1, -0.05) is 11.6 Å². The molecule has 0 bridgehead atoms. The molecule has 11 heteroatoms. The molecule has 0 saturated carbocycles. The van der Waals surface area contributed by atoms with Crippen LogP contribution in [0.3, 0.4) is 0 Å². The Kier molecular flexibility index (Phi) is 5.98. The Morgan fingerprint density at radius 3 is 2.04 bits per heavy atom. The van der Waals surface area contributed by atoms with Crippen molar-refractivity contribution in [2.45, 2.75) is 12.4 Å². The Balaban J connectivity index is 3.17. The first-order valence-electron chi connectivity index (χ1n) is 5.74. The molecule has 23 heavy (non-hydrogen) atoms. The molecule has 0 saturated heterocycles. The van der Waals surface area contributed by atoms with Gasteiger partial charge in [0, 0.05) is 0 Å². The summed E-state index contributed by atoms with van der Waals surface area (Å²) in [5.74, 6) is -2.53. The van der Waals surface area contributed by atoms with Gasteiger partial charge in [0.2, 0.25) is 0 Å². The average molecular weight is 367 g/mol. The van der Waals surface area contributed by atoms with Crippen LogP contribution in [0.4, 0.5) is 26.3 Å². The number of alkyl halides is 6. The lowest BCUT2D eigenvalue weighted by molar-refractivity contribution is -0.158. The number of carbonyl (C=O) groups excluding carboxylic acids is 1. The van der Waals surface area contributed by atoms with E-state index < -0.39 is 48.1 Å². The lowest BCUT2D eigenvalue weighted by Crippen LogP contribution is -2.22. The number of methoxy groups -OCH3 is 1. The van der Waals surface area contributed by atoms with Gasteiger partial charge >= 0.3 is 18.3 Å². The highest BCUT2D eigenvalue weighted by atomic mass is 35.5. The van der Waals surface area contributed by atoms with E-state index in [2.05, 4.69) is 14.2 Å². The quantitative estimate of drug-likeness (QED) is 0.583. The number of ether oxygens (including phenoxy) is 3. The topological polar surface area (TPSA) is 44.8 Å². The second kappa shape index (κ2) is 7.16. The fraction of sp³-hybridized carbons (Fsp3) is 0.417. The van der Waals surface area contributed by atoms with Crippen molar-refractivity contribution in [2.24, 2.45) is 0 Å². The molecule has 0 amide bonds. The standard InChI is InChI=1S/C12H9ClF6O4/c1-21-10(20)6-2-3-7(22-4-11(14,15)16)9(8(6)13)23-5-12(17,18)19/h2-3H,4-5H2,1H3. The summed E-state index contributed by atoms with van der Waals surface area (Å²) in [6, 6.07) is 1.77. The molecule has 0 N–H and O–H groups in total. The van der Waals surface area contributed by atoms with E-state index >= 15 is 0 Å². The zero-order valence-corrected chi connectivity index (χ0v) is 12.1. The van der Waals surface area contributed by atoms with Crippen molar-refractivity contribution in [2.75, 3.05) is 20.3 Å². The molecule has 0 fully saturated rings. The molecule has 1 aromatic carbocycles. The monoisotopic (exact) mass is 366 g/mol. The summed E-state index contributed by atoms with van der Waals surface area (Å²) in [7, 11) is 0.989. The van der Waals surface area contributed by atoms with Gasteiger partial charge in [0.1, 0.15) is 5.02 Å². The van der Waals surface area contributed by atoms with E-state index in [1.807, 2.05) is 0 Å². The third kappa shape index (κ3) is 6.05. The maximum absolute atomic E-state index is 12.2. The maximum Gasteiger partial charge on any atom is 0.422 e. The van der Waals surface area contributed by atoms with Gasteiger partial charge in [-0.25, -0.2) is 4.79 Å². The van der Waals surface area contributed by atoms with Crippen molar-refractivity contribution in [3.8, 4) is 11.5 Å². The fourth-order valence-electron chi connectivity index (χ4n) is 1.37. The largest absolute Gasteiger partial charge is 0.480 e. The SMILES string of the molecule is COC(=O)c1ccc(OCC(F)(F)F)c(OCC(F)(F)F)c1Cl. The van der Waals surface area contributed by atoms with E-state index in [0.717, 1.165) is 19.2 Å². The van der Waals surface area contributed by atoms with Crippen molar-refractivity contribution in [1.29, 1.82) is 0 Å². The molecule has 130 valence electrons. The second-order valence-corrected chi connectivity index (χ2v) is 4.43. The van der Waals surface area contributed by atoms with Crippen LogP contribution in [-0.4, -0.2) is 38.6 Å². The van der Waals surface area contributed by atoms with Gasteiger partial charge in [0.25, 0.3) is 0 Å². The Hall–Kier alpha value is -1.84. The smallest absolute Gasteiger partial charge is 0.422 e. The van der Waals surface area contributed by atoms with Crippen LogP contribution in [0.15, 0.2) is 12.1 Å². The van der Waals surface area contributed by atoms with Crippen LogP contribution in [0.25, 0.3) is 0 Å². The molecule has 0 aromatic heterocycles. The molecule has 0 unspecified atom stereocenters. The zero-order valence-electron chi connectivity index (χ0n) is 11.3. The zero-order chi connectivity index (χ0) is 17.8. The number of hydrogen-bond acceptors (Lipinski definition) is 4. The molecular weight excluding hydrogens is 358 g/mol. The van der Waals surface area contributed by atoms with Crippen LogP contribution in [0.5, 0.6) is 11.5 Å². The minimum Gasteiger partial charge on any atom is -0.480 e. The molecule has 4 nitrogen and oxygen atoms in total. The molecule has 1 rings (SSSR count). The van der Waals surface area contributed by atoms with Crippen LogP contribution < -0.4 is 9.47 Å². The molecule has 0 spiro atoms. The first kappa shape index (κ1) is 19.2. The first-order chi connectivity index (χ1) is 10.4. The molecule has 0 aliphatic rings. The Morgan fingerprint density at radius 1 is 1.04 bits per heavy atom. The molecule has 0 atom stereocenters. The van der Waals surface area contributed by atoms with Crippen molar-refractivity contribution in [1.82, 2.24) is 0 Å². The third-order valence-corrected chi connectivity index (χ3v) is 2.61. The molecule has 0 heterocycles. The van der Waals surface area contributed by atoms with E-state index in [1.165, 1.54) is 0 Å². The predicted octanol–water partition coefficient (Wildman–Crippen LogP) is 4.01. The highest BCUT2D eigenvalue weighted by Crippen LogP contribution is 2.39. The highest BCUT2D eigenvalue weighted by molar-refractivity contribution is 6.35. The normalized spacial score (nSPS) is 12.0. The summed E-state index contributed by atoms with van der Waals surface area (Å²) in [6.07, 6.45) is -9.50. The van der Waals surface area contributed by atoms with Gasteiger partial charge < -0.3 is 14.2 Å². The first-order valence-corrected chi connectivity index (χ1v) is 6.12. The van der Waals surface area contributed by atoms with Gasteiger partial charge in [-0.2, -0.15) is 26.3 Å². The summed E-state index contributed by atoms with van der Waals surface area (Å²) in [5, 5.41) is -0.652. The second-order valence-electron chi connectivity index (χ2n) is 4.05. The van der Waals surface area contributed by atoms with Crippen LogP contribution in [0.1, 0.15) is 10.4 Å². The Bertz CT molecular complexity index is 570. The molecule has 0 aliphatic carbocycles. The van der Waals surface area contributed by atoms with Gasteiger partial charge in [-0.3, -0.25) is 0 Å². The average Bonchev–Trinajstić information content (AvgIpc) is 2.41. The minimum absolute atomic E-state index is 0.384. The van der Waals surface area contributed by atoms with Crippen LogP contribution >= 0.6 is 11.6 Å². The van der Waals surface area contributed by atoms with Crippen LogP contribution in [0.2, 0.25) is 5.02 Å². The maximum atomic E-state index is 12.2. The lowest BCUT2D eigenvalue weighted by Gasteiger charge is -2.17. The van der Waals surface area contributed by atoms with E-state index in [1.54, 1.807) is 0 Å². The lowest BCUT2D eigenvalue weighted by atomic mass is 10.2. The van der Waals surface area contributed by atoms with Crippen molar-refractivity contribution < 1.29 is 45.3 Å². The van der Waals surface area contributed by atoms with Gasteiger partial charge in [0.05, 0.1) is 12.7 Å². The Morgan fingerprint density at radius 2 is 1.57 bits per heavy atom.